The van der Waals surface area contributed by atoms with E-state index in [1.54, 1.807) is 42.1 Å². The zero-order valence-electron chi connectivity index (χ0n) is 15.6. The summed E-state index contributed by atoms with van der Waals surface area (Å²) in [5.41, 5.74) is 0.455. The van der Waals surface area contributed by atoms with E-state index in [1.807, 2.05) is 10.3 Å². The smallest absolute Gasteiger partial charge is 0.279 e. The van der Waals surface area contributed by atoms with Crippen molar-refractivity contribution in [2.24, 2.45) is 4.99 Å². The summed E-state index contributed by atoms with van der Waals surface area (Å²) in [7, 11) is 1.56. The van der Waals surface area contributed by atoms with Gasteiger partial charge >= 0.3 is 0 Å². The maximum absolute atomic E-state index is 12.6. The van der Waals surface area contributed by atoms with Crippen molar-refractivity contribution in [3.63, 3.8) is 0 Å². The number of ether oxygens (including phenoxy) is 1. The zero-order chi connectivity index (χ0) is 19.2. The van der Waals surface area contributed by atoms with E-state index in [1.165, 1.54) is 11.3 Å². The van der Waals surface area contributed by atoms with Crippen molar-refractivity contribution in [3.05, 3.63) is 46.2 Å². The van der Waals surface area contributed by atoms with E-state index in [9.17, 15) is 9.59 Å². The highest BCUT2D eigenvalue weighted by atomic mass is 32.1. The number of carbonyl (C=O) groups is 2. The van der Waals surface area contributed by atoms with Crippen LogP contribution in [0.5, 0.6) is 5.75 Å². The monoisotopic (exact) mass is 388 g/mol. The molecule has 1 aliphatic heterocycles. The molecule has 0 spiro atoms. The van der Waals surface area contributed by atoms with Gasteiger partial charge in [-0.1, -0.05) is 13.0 Å². The number of benzene rings is 1. The van der Waals surface area contributed by atoms with Gasteiger partial charge in [0.05, 0.1) is 7.11 Å². The first kappa shape index (κ1) is 19.3. The minimum Gasteiger partial charge on any atom is -0.497 e. The van der Waals surface area contributed by atoms with E-state index >= 15 is 0 Å². The maximum Gasteiger partial charge on any atom is 0.279 e. The standard InChI is InChI=1S/C19H24N4O3S/c1-3-21-7-9-22(10-8-21)17(24)14-23-11-12-27-19(23)20-18(25)15-5-4-6-16(13-15)26-2/h4-6,11-13H,3,7-10,14H2,1-2H3. The fourth-order valence-electron chi connectivity index (χ4n) is 2.97. The van der Waals surface area contributed by atoms with Crippen LogP contribution in [0.3, 0.4) is 0 Å². The van der Waals surface area contributed by atoms with Crippen LogP contribution >= 0.6 is 11.3 Å². The molecule has 1 aliphatic rings. The molecule has 27 heavy (non-hydrogen) atoms. The second kappa shape index (κ2) is 8.96. The normalized spacial score (nSPS) is 15.8. The van der Waals surface area contributed by atoms with Crippen LogP contribution in [0.15, 0.2) is 40.8 Å². The van der Waals surface area contributed by atoms with Crippen molar-refractivity contribution in [1.82, 2.24) is 14.4 Å². The van der Waals surface area contributed by atoms with E-state index in [0.29, 0.717) is 16.1 Å². The molecule has 0 saturated carbocycles. The van der Waals surface area contributed by atoms with Crippen LogP contribution in [0.4, 0.5) is 0 Å². The number of aromatic nitrogens is 1. The summed E-state index contributed by atoms with van der Waals surface area (Å²) in [6.45, 7) is 6.63. The van der Waals surface area contributed by atoms with Gasteiger partial charge in [-0.05, 0) is 24.7 Å². The first-order chi connectivity index (χ1) is 13.1. The van der Waals surface area contributed by atoms with Crippen molar-refractivity contribution < 1.29 is 14.3 Å². The average molecular weight is 388 g/mol. The number of carbonyl (C=O) groups excluding carboxylic acids is 2. The van der Waals surface area contributed by atoms with Crippen LogP contribution in [0, 0.1) is 0 Å². The number of nitrogens with zero attached hydrogens (tertiary/aromatic N) is 4. The van der Waals surface area contributed by atoms with Crippen molar-refractivity contribution in [1.29, 1.82) is 0 Å². The van der Waals surface area contributed by atoms with E-state index in [2.05, 4.69) is 16.8 Å². The van der Waals surface area contributed by atoms with E-state index in [4.69, 9.17) is 4.74 Å². The lowest BCUT2D eigenvalue weighted by atomic mass is 10.2. The van der Waals surface area contributed by atoms with Crippen LogP contribution in [0.2, 0.25) is 0 Å². The van der Waals surface area contributed by atoms with Crippen LogP contribution in [0.25, 0.3) is 0 Å². The topological polar surface area (TPSA) is 67.1 Å². The number of amides is 2. The maximum atomic E-state index is 12.6. The second-order valence-electron chi connectivity index (χ2n) is 6.28. The Morgan fingerprint density at radius 3 is 2.70 bits per heavy atom. The van der Waals surface area contributed by atoms with Gasteiger partial charge in [-0.3, -0.25) is 9.59 Å². The molecule has 1 fully saturated rings. The zero-order valence-corrected chi connectivity index (χ0v) is 16.4. The second-order valence-corrected chi connectivity index (χ2v) is 7.15. The number of hydrogen-bond acceptors (Lipinski definition) is 5. The molecule has 0 atom stereocenters. The van der Waals surface area contributed by atoms with Gasteiger partial charge in [0, 0.05) is 43.3 Å². The molecule has 1 saturated heterocycles. The van der Waals surface area contributed by atoms with Crippen LogP contribution in [0.1, 0.15) is 17.3 Å². The minimum atomic E-state index is -0.353. The third-order valence-corrected chi connectivity index (χ3v) is 5.45. The average Bonchev–Trinajstić information content (AvgIpc) is 3.14. The lowest BCUT2D eigenvalue weighted by molar-refractivity contribution is -0.133. The van der Waals surface area contributed by atoms with Gasteiger partial charge in [-0.15, -0.1) is 11.3 Å². The molecule has 0 radical (unpaired) electrons. The Morgan fingerprint density at radius 1 is 1.22 bits per heavy atom. The van der Waals surface area contributed by atoms with E-state index in [-0.39, 0.29) is 18.4 Å². The first-order valence-corrected chi connectivity index (χ1v) is 9.86. The number of methoxy groups -OCH3 is 1. The summed E-state index contributed by atoms with van der Waals surface area (Å²) in [4.78, 5) is 34.0. The van der Waals surface area contributed by atoms with Crippen molar-refractivity contribution >= 4 is 23.2 Å². The molecule has 0 aliphatic carbocycles. The molecule has 2 aromatic rings. The lowest BCUT2D eigenvalue weighted by Gasteiger charge is -2.34. The summed E-state index contributed by atoms with van der Waals surface area (Å²) in [6, 6.07) is 6.88. The first-order valence-electron chi connectivity index (χ1n) is 8.98. The quantitative estimate of drug-likeness (QED) is 0.778. The molecule has 0 bridgehead atoms. The van der Waals surface area contributed by atoms with Crippen molar-refractivity contribution in [2.45, 2.75) is 13.5 Å². The third kappa shape index (κ3) is 4.84. The molecule has 1 aromatic heterocycles. The largest absolute Gasteiger partial charge is 0.497 e. The highest BCUT2D eigenvalue weighted by Crippen LogP contribution is 2.13. The molecular weight excluding hydrogens is 364 g/mol. The van der Waals surface area contributed by atoms with Gasteiger partial charge in [0.25, 0.3) is 5.91 Å². The van der Waals surface area contributed by atoms with E-state index < -0.39 is 0 Å². The highest BCUT2D eigenvalue weighted by Gasteiger charge is 2.20. The molecule has 2 heterocycles. The summed E-state index contributed by atoms with van der Waals surface area (Å²) >= 11 is 1.34. The Hall–Kier alpha value is -2.45. The summed E-state index contributed by atoms with van der Waals surface area (Å²) < 4.78 is 6.88. The van der Waals surface area contributed by atoms with Crippen LogP contribution in [-0.2, 0) is 11.3 Å². The Labute approximate surface area is 162 Å². The van der Waals surface area contributed by atoms with Gasteiger partial charge in [0.1, 0.15) is 12.3 Å². The third-order valence-electron chi connectivity index (χ3n) is 4.65. The van der Waals surface area contributed by atoms with Gasteiger partial charge in [-0.2, -0.15) is 4.99 Å². The van der Waals surface area contributed by atoms with Gasteiger partial charge in [0.2, 0.25) is 5.91 Å². The number of likely N-dealkylation sites (N-methyl/N-ethyl adjacent to an activating group) is 1. The lowest BCUT2D eigenvalue weighted by Crippen LogP contribution is -2.49. The molecule has 2 amide bonds. The minimum absolute atomic E-state index is 0.0550. The van der Waals surface area contributed by atoms with Crippen LogP contribution in [-0.4, -0.2) is 66.0 Å². The molecular formula is C19H24N4O3S. The van der Waals surface area contributed by atoms with E-state index in [0.717, 1.165) is 32.7 Å². The highest BCUT2D eigenvalue weighted by molar-refractivity contribution is 7.07. The van der Waals surface area contributed by atoms with Gasteiger partial charge in [-0.25, -0.2) is 0 Å². The van der Waals surface area contributed by atoms with Crippen LogP contribution < -0.4 is 9.54 Å². The van der Waals surface area contributed by atoms with Gasteiger partial charge < -0.3 is 19.1 Å². The Balaban J connectivity index is 1.71. The number of hydrogen-bond donors (Lipinski definition) is 0. The fraction of sp³-hybridized carbons (Fsp3) is 0.421. The molecule has 144 valence electrons. The Kier molecular flexibility index (Phi) is 6.41. The Bertz CT molecular complexity index is 866. The number of thiazole rings is 1. The molecule has 7 nitrogen and oxygen atoms in total. The Morgan fingerprint density at radius 2 is 2.00 bits per heavy atom. The van der Waals surface area contributed by atoms with Gasteiger partial charge in [0.15, 0.2) is 4.80 Å². The molecule has 1 aromatic carbocycles. The number of piperazine rings is 1. The predicted octanol–water partition coefficient (Wildman–Crippen LogP) is 1.46. The number of rotatable bonds is 5. The SMILES string of the molecule is CCN1CCN(C(=O)Cn2ccsc2=NC(=O)c2cccc(OC)c2)CC1. The van der Waals surface area contributed by atoms with Crippen molar-refractivity contribution in [2.75, 3.05) is 39.8 Å². The molecule has 3 rings (SSSR count). The van der Waals surface area contributed by atoms with Crippen molar-refractivity contribution in [3.8, 4) is 5.75 Å². The molecule has 8 heteroatoms. The molecule has 0 N–H and O–H groups in total. The predicted molar refractivity (Wildman–Crippen MR) is 104 cm³/mol. The summed E-state index contributed by atoms with van der Waals surface area (Å²) in [6.07, 6.45) is 1.79. The molecule has 0 unspecified atom stereocenters. The summed E-state index contributed by atoms with van der Waals surface area (Å²) in [5, 5.41) is 1.83. The summed E-state index contributed by atoms with van der Waals surface area (Å²) in [5.74, 6) is 0.310. The fourth-order valence-corrected chi connectivity index (χ4v) is 3.70.